The van der Waals surface area contributed by atoms with Gasteiger partial charge >= 0.3 is 0 Å². The normalized spacial score (nSPS) is 13.7. The van der Waals surface area contributed by atoms with Crippen molar-refractivity contribution >= 4 is 38.0 Å². The molecule has 0 spiro atoms. The molecule has 3 heterocycles. The average molecular weight is 348 g/mol. The fourth-order valence-electron chi connectivity index (χ4n) is 3.85. The van der Waals surface area contributed by atoms with Crippen molar-refractivity contribution in [2.24, 2.45) is 0 Å². The highest BCUT2D eigenvalue weighted by Crippen LogP contribution is 2.41. The van der Waals surface area contributed by atoms with Gasteiger partial charge in [0.1, 0.15) is 10.4 Å². The van der Waals surface area contributed by atoms with Crippen LogP contribution in [0.15, 0.2) is 46.6 Å². The number of hydrogen-bond acceptors (Lipinski definition) is 4. The second kappa shape index (κ2) is 5.10. The molecule has 5 rings (SSSR count). The number of likely N-dealkylation sites (N-methyl/N-ethyl adjacent to an activating group) is 1. The number of fused-ring (bicyclic) bond motifs is 4. The summed E-state index contributed by atoms with van der Waals surface area (Å²) in [6.07, 6.45) is 1.01. The van der Waals surface area contributed by atoms with Gasteiger partial charge in [-0.15, -0.1) is 11.3 Å². The molecular weight excluding hydrogens is 332 g/mol. The Morgan fingerprint density at radius 1 is 1.20 bits per heavy atom. The number of hydrogen-bond donors (Lipinski definition) is 2. The first kappa shape index (κ1) is 14.5. The molecule has 0 saturated carbocycles. The lowest BCUT2D eigenvalue weighted by Crippen LogP contribution is -2.12. The van der Waals surface area contributed by atoms with Crippen LogP contribution in [-0.2, 0) is 6.42 Å². The molecule has 0 saturated heterocycles. The van der Waals surface area contributed by atoms with Crippen LogP contribution in [0.2, 0.25) is 0 Å². The highest BCUT2D eigenvalue weighted by atomic mass is 32.1. The van der Waals surface area contributed by atoms with E-state index in [0.29, 0.717) is 4.70 Å². The Hall–Kier alpha value is -2.79. The zero-order chi connectivity index (χ0) is 17.1. The van der Waals surface area contributed by atoms with Crippen LogP contribution in [0.4, 0.5) is 5.69 Å². The first-order valence-corrected chi connectivity index (χ1v) is 9.11. The Balaban J connectivity index is 1.89. The van der Waals surface area contributed by atoms with Crippen molar-refractivity contribution in [3.05, 3.63) is 57.7 Å². The van der Waals surface area contributed by atoms with Gasteiger partial charge in [0.15, 0.2) is 0 Å². The number of nitrogens with zero attached hydrogens (tertiary/aromatic N) is 1. The monoisotopic (exact) mass is 348 g/mol. The number of rotatable bonds is 1. The van der Waals surface area contributed by atoms with E-state index in [0.717, 1.165) is 40.4 Å². The van der Waals surface area contributed by atoms with Crippen molar-refractivity contribution in [3.63, 3.8) is 0 Å². The first-order valence-electron chi connectivity index (χ1n) is 8.23. The number of benzene rings is 2. The van der Waals surface area contributed by atoms with Gasteiger partial charge in [-0.05, 0) is 53.3 Å². The van der Waals surface area contributed by atoms with Crippen molar-refractivity contribution in [1.82, 2.24) is 4.98 Å². The number of aromatic amines is 1. The fourth-order valence-corrected chi connectivity index (χ4v) is 4.65. The largest absolute Gasteiger partial charge is 0.507 e. The van der Waals surface area contributed by atoms with Crippen molar-refractivity contribution in [1.29, 1.82) is 0 Å². The van der Waals surface area contributed by atoms with Crippen LogP contribution in [0.25, 0.3) is 32.1 Å². The van der Waals surface area contributed by atoms with E-state index in [1.165, 1.54) is 22.6 Å². The number of phenolic OH excluding ortho intramolecular Hbond substituents is 1. The van der Waals surface area contributed by atoms with E-state index in [4.69, 9.17) is 0 Å². The molecule has 25 heavy (non-hydrogen) atoms. The lowest BCUT2D eigenvalue weighted by atomic mass is 9.95. The second-order valence-corrected chi connectivity index (χ2v) is 7.43. The van der Waals surface area contributed by atoms with Gasteiger partial charge in [-0.3, -0.25) is 4.79 Å². The predicted molar refractivity (Wildman–Crippen MR) is 104 cm³/mol. The molecule has 2 aromatic carbocycles. The van der Waals surface area contributed by atoms with Crippen LogP contribution in [-0.4, -0.2) is 23.7 Å². The Morgan fingerprint density at radius 3 is 2.96 bits per heavy atom. The van der Waals surface area contributed by atoms with Crippen LogP contribution in [0.3, 0.4) is 0 Å². The topological polar surface area (TPSA) is 56.3 Å². The first-order chi connectivity index (χ1) is 12.1. The van der Waals surface area contributed by atoms with Crippen molar-refractivity contribution < 1.29 is 5.11 Å². The van der Waals surface area contributed by atoms with E-state index < -0.39 is 0 Å². The van der Waals surface area contributed by atoms with Crippen molar-refractivity contribution in [3.8, 4) is 16.9 Å². The SMILES string of the molecule is CN1CCc2cc(-c3c(O)ccc4[nH]c(=O)c5sccc5c34)ccc21. The zero-order valence-corrected chi connectivity index (χ0v) is 14.5. The third-order valence-electron chi connectivity index (χ3n) is 5.07. The van der Waals surface area contributed by atoms with Gasteiger partial charge < -0.3 is 15.0 Å². The summed E-state index contributed by atoms with van der Waals surface area (Å²) in [4.78, 5) is 17.5. The minimum absolute atomic E-state index is 0.0790. The minimum Gasteiger partial charge on any atom is -0.507 e. The number of thiophene rings is 1. The number of nitrogens with one attached hydrogen (secondary N) is 1. The van der Waals surface area contributed by atoms with Crippen LogP contribution < -0.4 is 10.5 Å². The smallest absolute Gasteiger partial charge is 0.266 e. The van der Waals surface area contributed by atoms with Crippen LogP contribution in [0, 0.1) is 0 Å². The summed E-state index contributed by atoms with van der Waals surface area (Å²) in [5.74, 6) is 0.235. The molecular formula is C20H16N2O2S. The summed E-state index contributed by atoms with van der Waals surface area (Å²) in [5, 5.41) is 14.4. The summed E-state index contributed by atoms with van der Waals surface area (Å²) >= 11 is 1.43. The van der Waals surface area contributed by atoms with Gasteiger partial charge in [0.25, 0.3) is 5.56 Å². The Kier molecular flexibility index (Phi) is 2.97. The molecule has 1 aliphatic heterocycles. The fraction of sp³-hybridized carbons (Fsp3) is 0.150. The van der Waals surface area contributed by atoms with Gasteiger partial charge in [-0.1, -0.05) is 6.07 Å². The number of phenols is 1. The van der Waals surface area contributed by atoms with E-state index >= 15 is 0 Å². The van der Waals surface area contributed by atoms with Gasteiger partial charge in [0.2, 0.25) is 0 Å². The molecule has 0 bridgehead atoms. The minimum atomic E-state index is -0.0790. The predicted octanol–water partition coefficient (Wildman–Crippen LogP) is 4.11. The molecule has 2 N–H and O–H groups in total. The summed E-state index contributed by atoms with van der Waals surface area (Å²) in [6.45, 7) is 1.02. The van der Waals surface area contributed by atoms with Crippen LogP contribution >= 0.6 is 11.3 Å². The molecule has 124 valence electrons. The maximum atomic E-state index is 12.3. The average Bonchev–Trinajstić information content (AvgIpc) is 3.23. The molecule has 0 unspecified atom stereocenters. The highest BCUT2D eigenvalue weighted by Gasteiger charge is 2.19. The molecule has 2 aromatic heterocycles. The van der Waals surface area contributed by atoms with Crippen LogP contribution in [0.1, 0.15) is 5.56 Å². The third-order valence-corrected chi connectivity index (χ3v) is 5.98. The lowest BCUT2D eigenvalue weighted by Gasteiger charge is -2.14. The van der Waals surface area contributed by atoms with E-state index in [9.17, 15) is 9.90 Å². The molecule has 4 aromatic rings. The maximum absolute atomic E-state index is 12.3. The van der Waals surface area contributed by atoms with Gasteiger partial charge in [0.05, 0.1) is 0 Å². The number of aromatic nitrogens is 1. The molecule has 0 radical (unpaired) electrons. The molecule has 1 aliphatic rings. The second-order valence-electron chi connectivity index (χ2n) is 6.51. The number of anilines is 1. The zero-order valence-electron chi connectivity index (χ0n) is 13.7. The van der Waals surface area contributed by atoms with Crippen LogP contribution in [0.5, 0.6) is 5.75 Å². The molecule has 4 nitrogen and oxygen atoms in total. The number of aromatic hydroxyl groups is 1. The van der Waals surface area contributed by atoms with E-state index in [2.05, 4.69) is 35.1 Å². The summed E-state index contributed by atoms with van der Waals surface area (Å²) < 4.78 is 0.695. The Morgan fingerprint density at radius 2 is 2.08 bits per heavy atom. The van der Waals surface area contributed by atoms with E-state index in [1.807, 2.05) is 11.4 Å². The number of pyridine rings is 1. The molecule has 0 amide bonds. The van der Waals surface area contributed by atoms with Gasteiger partial charge in [-0.25, -0.2) is 0 Å². The van der Waals surface area contributed by atoms with Gasteiger partial charge in [-0.2, -0.15) is 0 Å². The third kappa shape index (κ3) is 2.02. The molecule has 0 fully saturated rings. The van der Waals surface area contributed by atoms with E-state index in [-0.39, 0.29) is 11.3 Å². The number of H-pyrrole nitrogens is 1. The summed E-state index contributed by atoms with van der Waals surface area (Å²) in [6, 6.07) is 11.7. The van der Waals surface area contributed by atoms with Crippen molar-refractivity contribution in [2.75, 3.05) is 18.5 Å². The highest BCUT2D eigenvalue weighted by molar-refractivity contribution is 7.17. The quantitative estimate of drug-likeness (QED) is 0.544. The van der Waals surface area contributed by atoms with E-state index in [1.54, 1.807) is 12.1 Å². The Bertz CT molecular complexity index is 1210. The maximum Gasteiger partial charge on any atom is 0.266 e. The Labute approximate surface area is 148 Å². The molecule has 0 atom stereocenters. The van der Waals surface area contributed by atoms with Gasteiger partial charge in [0, 0.05) is 41.1 Å². The molecule has 5 heteroatoms. The standard InChI is InChI=1S/C20H16N2O2S/c1-22-8-6-11-10-12(2-4-15(11)22)17-16(23)5-3-14-18(17)13-7-9-25-19(13)20(24)21-14/h2-5,7,9-10,23H,6,8H2,1H3,(H,21,24). The lowest BCUT2D eigenvalue weighted by molar-refractivity contribution is 0.478. The summed E-state index contributed by atoms with van der Waals surface area (Å²) in [7, 11) is 2.10. The molecule has 0 aliphatic carbocycles. The summed E-state index contributed by atoms with van der Waals surface area (Å²) in [5.41, 5.74) is 4.98. The van der Waals surface area contributed by atoms with Crippen molar-refractivity contribution in [2.45, 2.75) is 6.42 Å².